The lowest BCUT2D eigenvalue weighted by atomic mass is 9.86. The first-order chi connectivity index (χ1) is 12.5. The van der Waals surface area contributed by atoms with Crippen molar-refractivity contribution in [3.63, 3.8) is 0 Å². The Labute approximate surface area is 153 Å². The Bertz CT molecular complexity index is 691. The fraction of sp³-hybridized carbons (Fsp3) is 0.526. The zero-order valence-electron chi connectivity index (χ0n) is 15.1. The van der Waals surface area contributed by atoms with Crippen LogP contribution in [0.2, 0.25) is 0 Å². The molecule has 1 heterocycles. The van der Waals surface area contributed by atoms with Gasteiger partial charge in [0.15, 0.2) is 0 Å². The van der Waals surface area contributed by atoms with Crippen LogP contribution < -0.4 is 20.9 Å². The normalized spacial score (nSPS) is 22.2. The quantitative estimate of drug-likeness (QED) is 0.771. The monoisotopic (exact) mass is 358 g/mol. The van der Waals surface area contributed by atoms with E-state index in [1.165, 1.54) is 11.3 Å². The Morgan fingerprint density at radius 2 is 2.00 bits per heavy atom. The first-order valence-electron chi connectivity index (χ1n) is 9.28. The number of benzene rings is 1. The van der Waals surface area contributed by atoms with Crippen molar-refractivity contribution >= 4 is 29.2 Å². The van der Waals surface area contributed by atoms with Gasteiger partial charge in [-0.25, -0.2) is 4.79 Å². The summed E-state index contributed by atoms with van der Waals surface area (Å²) in [6.45, 7) is 2.38. The molecule has 2 atom stereocenters. The molecule has 0 bridgehead atoms. The zero-order valence-corrected chi connectivity index (χ0v) is 15.1. The van der Waals surface area contributed by atoms with Crippen LogP contribution in [0.3, 0.4) is 0 Å². The van der Waals surface area contributed by atoms with E-state index in [2.05, 4.69) is 22.9 Å². The van der Waals surface area contributed by atoms with E-state index in [0.29, 0.717) is 17.3 Å². The summed E-state index contributed by atoms with van der Waals surface area (Å²) in [7, 11) is 0. The van der Waals surface area contributed by atoms with Gasteiger partial charge in [-0.3, -0.25) is 14.5 Å². The second kappa shape index (κ2) is 8.21. The van der Waals surface area contributed by atoms with Crippen LogP contribution in [0.4, 0.5) is 16.2 Å². The molecule has 1 aliphatic heterocycles. The van der Waals surface area contributed by atoms with E-state index in [9.17, 15) is 14.4 Å². The summed E-state index contributed by atoms with van der Waals surface area (Å²) in [6.07, 6.45) is 4.80. The number of nitrogens with zero attached hydrogens (tertiary/aromatic N) is 1. The van der Waals surface area contributed by atoms with Crippen LogP contribution >= 0.6 is 0 Å². The van der Waals surface area contributed by atoms with Gasteiger partial charge in [0.2, 0.25) is 11.8 Å². The van der Waals surface area contributed by atoms with Crippen molar-refractivity contribution in [1.82, 2.24) is 10.6 Å². The van der Waals surface area contributed by atoms with E-state index in [-0.39, 0.29) is 43.4 Å². The van der Waals surface area contributed by atoms with Crippen LogP contribution in [0.15, 0.2) is 24.3 Å². The van der Waals surface area contributed by atoms with Gasteiger partial charge in [-0.1, -0.05) is 31.9 Å². The lowest BCUT2D eigenvalue weighted by Gasteiger charge is -2.30. The van der Waals surface area contributed by atoms with Crippen LogP contribution in [0.5, 0.6) is 0 Å². The van der Waals surface area contributed by atoms with E-state index >= 15 is 0 Å². The Balaban J connectivity index is 1.48. The number of hydrogen-bond acceptors (Lipinski definition) is 3. The maximum Gasteiger partial charge on any atom is 0.322 e. The topological polar surface area (TPSA) is 90.5 Å². The number of rotatable bonds is 4. The third-order valence-corrected chi connectivity index (χ3v) is 5.10. The maximum atomic E-state index is 12.4. The summed E-state index contributed by atoms with van der Waals surface area (Å²) in [4.78, 5) is 37.7. The molecule has 0 spiro atoms. The van der Waals surface area contributed by atoms with Crippen molar-refractivity contribution in [3.05, 3.63) is 24.3 Å². The molecule has 3 rings (SSSR count). The molecule has 1 aromatic rings. The van der Waals surface area contributed by atoms with Gasteiger partial charge in [0.1, 0.15) is 6.54 Å². The van der Waals surface area contributed by atoms with E-state index in [1.54, 1.807) is 18.2 Å². The standard InChI is InChI=1S/C19H26N4O3/c1-13-6-2-3-7-14(13)21-17(24)10-11-20-19(26)23-12-18(25)22-15-8-4-5-9-16(15)23/h4-5,8-9,13-14H,2-3,6-7,10-12H2,1H3,(H,20,26)(H,21,24)(H,22,25)/t13-,14-/m0/s1. The number of para-hydroxylation sites is 2. The summed E-state index contributed by atoms with van der Waals surface area (Å²) >= 11 is 0. The van der Waals surface area contributed by atoms with Gasteiger partial charge in [0.05, 0.1) is 11.4 Å². The first-order valence-corrected chi connectivity index (χ1v) is 9.28. The van der Waals surface area contributed by atoms with Crippen molar-refractivity contribution in [3.8, 4) is 0 Å². The second-order valence-electron chi connectivity index (χ2n) is 7.07. The second-order valence-corrected chi connectivity index (χ2v) is 7.07. The molecular formula is C19H26N4O3. The van der Waals surface area contributed by atoms with Crippen molar-refractivity contribution in [1.29, 1.82) is 0 Å². The van der Waals surface area contributed by atoms with Crippen LogP contribution in [0.1, 0.15) is 39.0 Å². The molecular weight excluding hydrogens is 332 g/mol. The number of carbonyl (C=O) groups is 3. The summed E-state index contributed by atoms with van der Waals surface area (Å²) in [6, 6.07) is 7.03. The summed E-state index contributed by atoms with van der Waals surface area (Å²) in [5.74, 6) is 0.231. The highest BCUT2D eigenvalue weighted by atomic mass is 16.2. The molecule has 0 unspecified atom stereocenters. The molecule has 7 nitrogen and oxygen atoms in total. The summed E-state index contributed by atoms with van der Waals surface area (Å²) in [5, 5.41) is 8.56. The van der Waals surface area contributed by atoms with Gasteiger partial charge >= 0.3 is 6.03 Å². The molecule has 4 amide bonds. The summed E-state index contributed by atoms with van der Waals surface area (Å²) in [5.41, 5.74) is 1.27. The van der Waals surface area contributed by atoms with Gasteiger partial charge in [-0.2, -0.15) is 0 Å². The molecule has 1 aliphatic carbocycles. The third-order valence-electron chi connectivity index (χ3n) is 5.10. The minimum absolute atomic E-state index is 0.0331. The zero-order chi connectivity index (χ0) is 18.5. The number of carbonyl (C=O) groups excluding carboxylic acids is 3. The lowest BCUT2D eigenvalue weighted by molar-refractivity contribution is -0.122. The molecule has 3 N–H and O–H groups in total. The van der Waals surface area contributed by atoms with Gasteiger partial charge in [-0.05, 0) is 30.9 Å². The Morgan fingerprint density at radius 3 is 2.81 bits per heavy atom. The van der Waals surface area contributed by atoms with Gasteiger partial charge < -0.3 is 16.0 Å². The molecule has 140 valence electrons. The van der Waals surface area contributed by atoms with Crippen molar-refractivity contribution in [2.24, 2.45) is 5.92 Å². The highest BCUT2D eigenvalue weighted by Crippen LogP contribution is 2.28. The minimum Gasteiger partial charge on any atom is -0.353 e. The average molecular weight is 358 g/mol. The Morgan fingerprint density at radius 1 is 1.23 bits per heavy atom. The molecule has 26 heavy (non-hydrogen) atoms. The largest absolute Gasteiger partial charge is 0.353 e. The fourth-order valence-electron chi connectivity index (χ4n) is 3.60. The van der Waals surface area contributed by atoms with E-state index in [0.717, 1.165) is 19.3 Å². The number of amides is 4. The number of nitrogens with one attached hydrogen (secondary N) is 3. The number of urea groups is 1. The highest BCUT2D eigenvalue weighted by molar-refractivity contribution is 6.09. The van der Waals surface area contributed by atoms with E-state index in [1.807, 2.05) is 6.07 Å². The van der Waals surface area contributed by atoms with Crippen LogP contribution in [-0.4, -0.2) is 37.0 Å². The average Bonchev–Trinajstić information content (AvgIpc) is 2.62. The molecule has 1 fully saturated rings. The van der Waals surface area contributed by atoms with E-state index in [4.69, 9.17) is 0 Å². The molecule has 2 aliphatic rings. The predicted molar refractivity (Wildman–Crippen MR) is 100.0 cm³/mol. The molecule has 7 heteroatoms. The number of fused-ring (bicyclic) bond motifs is 1. The Hall–Kier alpha value is -2.57. The van der Waals surface area contributed by atoms with Gasteiger partial charge in [0.25, 0.3) is 0 Å². The predicted octanol–water partition coefficient (Wildman–Crippen LogP) is 2.24. The van der Waals surface area contributed by atoms with Crippen LogP contribution in [0.25, 0.3) is 0 Å². The van der Waals surface area contributed by atoms with E-state index < -0.39 is 0 Å². The van der Waals surface area contributed by atoms with Crippen molar-refractivity contribution in [2.75, 3.05) is 23.3 Å². The molecule has 1 aromatic carbocycles. The number of anilines is 2. The molecule has 1 saturated carbocycles. The minimum atomic E-state index is -0.369. The molecule has 0 radical (unpaired) electrons. The van der Waals surface area contributed by atoms with Crippen molar-refractivity contribution in [2.45, 2.75) is 45.1 Å². The first kappa shape index (κ1) is 18.2. The number of hydrogen-bond donors (Lipinski definition) is 3. The fourth-order valence-corrected chi connectivity index (χ4v) is 3.60. The smallest absolute Gasteiger partial charge is 0.322 e. The lowest BCUT2D eigenvalue weighted by Crippen LogP contribution is -2.48. The van der Waals surface area contributed by atoms with Crippen LogP contribution in [-0.2, 0) is 9.59 Å². The molecule has 0 aromatic heterocycles. The maximum absolute atomic E-state index is 12.4. The Kier molecular flexibility index (Phi) is 5.75. The highest BCUT2D eigenvalue weighted by Gasteiger charge is 2.27. The SMILES string of the molecule is C[C@H]1CCCC[C@@H]1NC(=O)CCNC(=O)N1CC(=O)Nc2ccccc21. The van der Waals surface area contributed by atoms with Crippen LogP contribution in [0, 0.1) is 5.92 Å². The third kappa shape index (κ3) is 4.33. The van der Waals surface area contributed by atoms with Gasteiger partial charge in [0, 0.05) is 19.0 Å². The summed E-state index contributed by atoms with van der Waals surface area (Å²) < 4.78 is 0. The van der Waals surface area contributed by atoms with Gasteiger partial charge in [-0.15, -0.1) is 0 Å². The van der Waals surface area contributed by atoms with Crippen molar-refractivity contribution < 1.29 is 14.4 Å². The molecule has 0 saturated heterocycles.